The molecule has 1 saturated carbocycles. The predicted molar refractivity (Wildman–Crippen MR) is 109 cm³/mol. The molecule has 1 aromatic carbocycles. The average Bonchev–Trinajstić information content (AvgIpc) is 3.00. The molecule has 0 unspecified atom stereocenters. The molecule has 4 rings (SSSR count). The van der Waals surface area contributed by atoms with Crippen molar-refractivity contribution in [3.63, 3.8) is 0 Å². The molecular formula is C19H24ClN7. The summed E-state index contributed by atoms with van der Waals surface area (Å²) in [6, 6.07) is 7.58. The Hall–Kier alpha value is -2.38. The Morgan fingerprint density at radius 2 is 2.04 bits per heavy atom. The second kappa shape index (κ2) is 7.32. The van der Waals surface area contributed by atoms with Crippen molar-refractivity contribution in [1.29, 1.82) is 0 Å². The Balaban J connectivity index is 1.83. The van der Waals surface area contributed by atoms with E-state index in [-0.39, 0.29) is 17.9 Å². The molecule has 1 aliphatic carbocycles. The minimum absolute atomic E-state index is 0.121. The summed E-state index contributed by atoms with van der Waals surface area (Å²) in [6.07, 6.45) is 4.43. The first-order valence-electron chi connectivity index (χ1n) is 9.38. The number of anilines is 3. The first-order chi connectivity index (χ1) is 13.1. The van der Waals surface area contributed by atoms with E-state index >= 15 is 0 Å². The van der Waals surface area contributed by atoms with Crippen LogP contribution in [-0.4, -0.2) is 25.6 Å². The maximum absolute atomic E-state index is 6.42. The maximum atomic E-state index is 6.42. The number of halogens is 1. The van der Waals surface area contributed by atoms with Crippen molar-refractivity contribution in [3.8, 4) is 0 Å². The Bertz CT molecular complexity index is 968. The summed E-state index contributed by atoms with van der Waals surface area (Å²) in [5, 5.41) is 3.93. The zero-order valence-electron chi connectivity index (χ0n) is 15.3. The van der Waals surface area contributed by atoms with Crippen molar-refractivity contribution in [2.75, 3.05) is 11.1 Å². The molecule has 1 aliphatic rings. The van der Waals surface area contributed by atoms with E-state index in [1.165, 1.54) is 12.8 Å². The van der Waals surface area contributed by atoms with Crippen LogP contribution in [0.2, 0.25) is 5.02 Å². The van der Waals surface area contributed by atoms with E-state index in [1.807, 2.05) is 24.3 Å². The number of fused-ring (bicyclic) bond motifs is 1. The highest BCUT2D eigenvalue weighted by atomic mass is 35.5. The third kappa shape index (κ3) is 3.44. The monoisotopic (exact) mass is 385 g/mol. The van der Waals surface area contributed by atoms with Gasteiger partial charge in [0.25, 0.3) is 0 Å². The lowest BCUT2D eigenvalue weighted by Crippen LogP contribution is -2.33. The molecule has 2 heterocycles. The van der Waals surface area contributed by atoms with Gasteiger partial charge < -0.3 is 21.4 Å². The van der Waals surface area contributed by atoms with Gasteiger partial charge in [-0.2, -0.15) is 9.97 Å². The summed E-state index contributed by atoms with van der Waals surface area (Å²) < 4.78 is 2.12. The van der Waals surface area contributed by atoms with Crippen molar-refractivity contribution in [1.82, 2.24) is 19.5 Å². The molecule has 0 saturated heterocycles. The van der Waals surface area contributed by atoms with Crippen LogP contribution in [0.5, 0.6) is 0 Å². The lowest BCUT2D eigenvalue weighted by Gasteiger charge is -2.28. The van der Waals surface area contributed by atoms with Gasteiger partial charge in [0.1, 0.15) is 5.82 Å². The molecule has 1 fully saturated rings. The van der Waals surface area contributed by atoms with Crippen LogP contribution in [0, 0.1) is 0 Å². The van der Waals surface area contributed by atoms with E-state index in [0.717, 1.165) is 36.5 Å². The first-order valence-corrected chi connectivity index (χ1v) is 9.76. The van der Waals surface area contributed by atoms with Gasteiger partial charge in [-0.05, 0) is 38.0 Å². The number of benzene rings is 1. The molecule has 0 amide bonds. The van der Waals surface area contributed by atoms with Gasteiger partial charge in [-0.25, -0.2) is 4.98 Å². The highest BCUT2D eigenvalue weighted by molar-refractivity contribution is 6.30. The average molecular weight is 386 g/mol. The Morgan fingerprint density at radius 3 is 2.78 bits per heavy atom. The van der Waals surface area contributed by atoms with Gasteiger partial charge in [-0.1, -0.05) is 30.5 Å². The molecule has 0 spiro atoms. The van der Waals surface area contributed by atoms with E-state index in [2.05, 4.69) is 26.8 Å². The third-order valence-electron chi connectivity index (χ3n) is 5.20. The van der Waals surface area contributed by atoms with Gasteiger partial charge in [0, 0.05) is 29.2 Å². The topological polar surface area (TPSA) is 108 Å². The predicted octanol–water partition coefficient (Wildman–Crippen LogP) is 3.81. The van der Waals surface area contributed by atoms with Gasteiger partial charge in [-0.3, -0.25) is 0 Å². The van der Waals surface area contributed by atoms with Crippen LogP contribution >= 0.6 is 11.6 Å². The van der Waals surface area contributed by atoms with Crippen LogP contribution in [0.3, 0.4) is 0 Å². The van der Waals surface area contributed by atoms with Crippen molar-refractivity contribution in [3.05, 3.63) is 35.1 Å². The van der Waals surface area contributed by atoms with Crippen molar-refractivity contribution in [2.45, 2.75) is 51.1 Å². The van der Waals surface area contributed by atoms with E-state index in [1.54, 1.807) is 0 Å². The molecule has 0 aliphatic heterocycles. The smallest absolute Gasteiger partial charge is 0.224 e. The largest absolute Gasteiger partial charge is 0.368 e. The maximum Gasteiger partial charge on any atom is 0.224 e. The number of nitrogens with one attached hydrogen (secondary N) is 1. The molecule has 142 valence electrons. The summed E-state index contributed by atoms with van der Waals surface area (Å²) in [4.78, 5) is 13.8. The number of nitrogen functional groups attached to an aromatic ring is 1. The normalized spacial score (nSPS) is 20.1. The van der Waals surface area contributed by atoms with Crippen molar-refractivity contribution < 1.29 is 0 Å². The Labute approximate surface area is 163 Å². The number of nitrogens with two attached hydrogens (primary N) is 2. The van der Waals surface area contributed by atoms with Crippen LogP contribution in [0.4, 0.5) is 17.5 Å². The van der Waals surface area contributed by atoms with Crippen LogP contribution in [0.1, 0.15) is 44.3 Å². The van der Waals surface area contributed by atoms with Crippen LogP contribution in [0.25, 0.3) is 11.2 Å². The molecule has 2 aromatic heterocycles. The summed E-state index contributed by atoms with van der Waals surface area (Å²) in [7, 11) is 0. The van der Waals surface area contributed by atoms with E-state index in [0.29, 0.717) is 16.4 Å². The molecule has 2 atom stereocenters. The molecular weight excluding hydrogens is 362 g/mol. The quantitative estimate of drug-likeness (QED) is 0.630. The number of hydrogen-bond donors (Lipinski definition) is 3. The van der Waals surface area contributed by atoms with Gasteiger partial charge in [0.15, 0.2) is 17.0 Å². The zero-order chi connectivity index (χ0) is 19.0. The highest BCUT2D eigenvalue weighted by Gasteiger charge is 2.29. The number of aromatic nitrogens is 4. The first kappa shape index (κ1) is 18.0. The second-order valence-electron chi connectivity index (χ2n) is 7.01. The zero-order valence-corrected chi connectivity index (χ0v) is 16.1. The minimum Gasteiger partial charge on any atom is -0.368 e. The fourth-order valence-corrected chi connectivity index (χ4v) is 4.09. The van der Waals surface area contributed by atoms with Gasteiger partial charge in [-0.15, -0.1) is 0 Å². The van der Waals surface area contributed by atoms with Crippen LogP contribution in [-0.2, 0) is 6.54 Å². The number of imidazole rings is 1. The van der Waals surface area contributed by atoms with Crippen LogP contribution in [0.15, 0.2) is 24.3 Å². The molecule has 0 bridgehead atoms. The molecule has 7 nitrogen and oxygen atoms in total. The SMILES string of the molecule is CCn1c([C@@H]2CCCC[C@@H]2N)nc2c(Nc3cccc(Cl)c3)nc(N)nc21. The van der Waals surface area contributed by atoms with E-state index < -0.39 is 0 Å². The van der Waals surface area contributed by atoms with Gasteiger partial charge in [0.2, 0.25) is 5.95 Å². The van der Waals surface area contributed by atoms with Crippen molar-refractivity contribution in [2.24, 2.45) is 5.73 Å². The lowest BCUT2D eigenvalue weighted by molar-refractivity contribution is 0.366. The number of hydrogen-bond acceptors (Lipinski definition) is 6. The summed E-state index contributed by atoms with van der Waals surface area (Å²) >= 11 is 6.10. The summed E-state index contributed by atoms with van der Waals surface area (Å²) in [6.45, 7) is 2.84. The molecule has 8 heteroatoms. The Kier molecular flexibility index (Phi) is 4.88. The van der Waals surface area contributed by atoms with Crippen molar-refractivity contribution >= 4 is 40.2 Å². The number of aryl methyl sites for hydroxylation is 1. The van der Waals surface area contributed by atoms with Gasteiger partial charge >= 0.3 is 0 Å². The van der Waals surface area contributed by atoms with E-state index in [9.17, 15) is 0 Å². The summed E-state index contributed by atoms with van der Waals surface area (Å²) in [5.74, 6) is 2.00. The Morgan fingerprint density at radius 1 is 1.22 bits per heavy atom. The molecule has 5 N–H and O–H groups in total. The van der Waals surface area contributed by atoms with Gasteiger partial charge in [0.05, 0.1) is 0 Å². The minimum atomic E-state index is 0.121. The summed E-state index contributed by atoms with van der Waals surface area (Å²) in [5.41, 5.74) is 14.7. The third-order valence-corrected chi connectivity index (χ3v) is 5.43. The lowest BCUT2D eigenvalue weighted by atomic mass is 9.84. The second-order valence-corrected chi connectivity index (χ2v) is 7.44. The number of nitrogens with zero attached hydrogens (tertiary/aromatic N) is 4. The van der Waals surface area contributed by atoms with E-state index in [4.69, 9.17) is 28.1 Å². The fourth-order valence-electron chi connectivity index (χ4n) is 3.90. The van der Waals surface area contributed by atoms with Crippen LogP contribution < -0.4 is 16.8 Å². The number of rotatable bonds is 4. The molecule has 0 radical (unpaired) electrons. The fraction of sp³-hybridized carbons (Fsp3) is 0.421. The highest BCUT2D eigenvalue weighted by Crippen LogP contribution is 2.35. The molecule has 3 aromatic rings. The standard InChI is InChI=1S/C19H24ClN7/c1-2-27-17(13-8-3-4-9-14(13)21)24-15-16(25-19(22)26-18(15)27)23-12-7-5-6-11(20)10-12/h5-7,10,13-14H,2-4,8-9,21H2,1H3,(H3,22,23,25,26)/t13-,14+/m1/s1. The molecule has 27 heavy (non-hydrogen) atoms.